The molecule has 0 amide bonds. The van der Waals surface area contributed by atoms with Crippen LogP contribution in [0.3, 0.4) is 0 Å². The largest absolute Gasteiger partial charge is 0.489 e. The van der Waals surface area contributed by atoms with E-state index in [2.05, 4.69) is 0 Å². The molecule has 0 aliphatic carbocycles. The summed E-state index contributed by atoms with van der Waals surface area (Å²) < 4.78 is 18.7. The molecule has 0 aliphatic rings. The highest BCUT2D eigenvalue weighted by Gasteiger charge is 2.12. The number of benzene rings is 2. The Morgan fingerprint density at radius 2 is 1.95 bits per heavy atom. The molecule has 104 valence electrons. The Kier molecular flexibility index (Phi) is 4.03. The Morgan fingerprint density at radius 1 is 1.20 bits per heavy atom. The van der Waals surface area contributed by atoms with Gasteiger partial charge >= 0.3 is 5.97 Å². The molecular formula is C16H15FO3. The zero-order valence-electron chi connectivity index (χ0n) is 11.3. The van der Waals surface area contributed by atoms with Crippen LogP contribution >= 0.6 is 0 Å². The summed E-state index contributed by atoms with van der Waals surface area (Å²) in [4.78, 5) is 11.1. The van der Waals surface area contributed by atoms with Crippen molar-refractivity contribution in [2.24, 2.45) is 0 Å². The Bertz CT molecular complexity index is 650. The number of aromatic carboxylic acids is 1. The minimum atomic E-state index is -1.16. The number of carbonyl (C=O) groups is 1. The first-order valence-corrected chi connectivity index (χ1v) is 6.19. The summed E-state index contributed by atoms with van der Waals surface area (Å²) in [6, 6.07) is 9.47. The first kappa shape index (κ1) is 14.1. The van der Waals surface area contributed by atoms with E-state index in [1.54, 1.807) is 0 Å². The van der Waals surface area contributed by atoms with E-state index in [1.165, 1.54) is 12.1 Å². The zero-order chi connectivity index (χ0) is 14.7. The lowest BCUT2D eigenvalue weighted by molar-refractivity contribution is 0.0693. The van der Waals surface area contributed by atoms with Gasteiger partial charge in [0.1, 0.15) is 18.2 Å². The zero-order valence-corrected chi connectivity index (χ0v) is 11.3. The maximum absolute atomic E-state index is 13.1. The van der Waals surface area contributed by atoms with Crippen molar-refractivity contribution in [2.45, 2.75) is 20.5 Å². The first-order chi connectivity index (χ1) is 9.47. The fraction of sp³-hybridized carbons (Fsp3) is 0.188. The lowest BCUT2D eigenvalue weighted by atomic mass is 10.1. The van der Waals surface area contributed by atoms with Gasteiger partial charge in [0.05, 0.1) is 5.56 Å². The predicted octanol–water partition coefficient (Wildman–Crippen LogP) is 3.72. The third kappa shape index (κ3) is 3.15. The highest BCUT2D eigenvalue weighted by Crippen LogP contribution is 2.21. The summed E-state index contributed by atoms with van der Waals surface area (Å²) in [7, 11) is 0. The van der Waals surface area contributed by atoms with Gasteiger partial charge in [-0.15, -0.1) is 0 Å². The van der Waals surface area contributed by atoms with Crippen LogP contribution in [0.5, 0.6) is 5.75 Å². The minimum absolute atomic E-state index is 0.0738. The summed E-state index contributed by atoms with van der Waals surface area (Å²) in [5, 5.41) is 9.06. The second kappa shape index (κ2) is 5.74. The van der Waals surface area contributed by atoms with E-state index >= 15 is 0 Å². The van der Waals surface area contributed by atoms with Gasteiger partial charge in [0.25, 0.3) is 0 Å². The molecule has 0 heterocycles. The standard InChI is InChI=1S/C16H15FO3/c1-10-3-4-11(2)15(7-10)20-9-12-5-6-13(17)8-14(12)16(18)19/h3-8H,9H2,1-2H3,(H,18,19). The molecule has 0 unspecified atom stereocenters. The highest BCUT2D eigenvalue weighted by atomic mass is 19.1. The summed E-state index contributed by atoms with van der Waals surface area (Å²) in [5.41, 5.74) is 2.40. The van der Waals surface area contributed by atoms with E-state index < -0.39 is 11.8 Å². The second-order valence-corrected chi connectivity index (χ2v) is 4.66. The molecule has 0 aliphatic heterocycles. The molecule has 2 aromatic rings. The smallest absolute Gasteiger partial charge is 0.336 e. The van der Waals surface area contributed by atoms with Crippen molar-refractivity contribution in [3.63, 3.8) is 0 Å². The van der Waals surface area contributed by atoms with Crippen molar-refractivity contribution < 1.29 is 19.0 Å². The van der Waals surface area contributed by atoms with E-state index in [-0.39, 0.29) is 12.2 Å². The molecule has 0 bridgehead atoms. The molecule has 4 heteroatoms. The fourth-order valence-electron chi connectivity index (χ4n) is 1.89. The summed E-state index contributed by atoms with van der Waals surface area (Å²) >= 11 is 0. The van der Waals surface area contributed by atoms with Crippen LogP contribution in [0.25, 0.3) is 0 Å². The van der Waals surface area contributed by atoms with Gasteiger partial charge in [-0.2, -0.15) is 0 Å². The number of rotatable bonds is 4. The van der Waals surface area contributed by atoms with E-state index in [0.717, 1.165) is 17.2 Å². The summed E-state index contributed by atoms with van der Waals surface area (Å²) in [5.74, 6) is -1.03. The van der Waals surface area contributed by atoms with Gasteiger partial charge in [-0.1, -0.05) is 18.2 Å². The molecular weight excluding hydrogens is 259 g/mol. The van der Waals surface area contributed by atoms with E-state index in [4.69, 9.17) is 9.84 Å². The molecule has 0 saturated carbocycles. The lowest BCUT2D eigenvalue weighted by Gasteiger charge is -2.11. The molecule has 20 heavy (non-hydrogen) atoms. The number of carboxylic acid groups (broad SMARTS) is 1. The maximum Gasteiger partial charge on any atom is 0.336 e. The number of hydrogen-bond acceptors (Lipinski definition) is 2. The van der Waals surface area contributed by atoms with Crippen LogP contribution < -0.4 is 4.74 Å². The van der Waals surface area contributed by atoms with Crippen LogP contribution in [0.4, 0.5) is 4.39 Å². The van der Waals surface area contributed by atoms with Crippen LogP contribution in [0, 0.1) is 19.7 Å². The van der Waals surface area contributed by atoms with Gasteiger partial charge in [0.15, 0.2) is 0 Å². The van der Waals surface area contributed by atoms with Crippen molar-refractivity contribution in [3.8, 4) is 5.75 Å². The normalized spacial score (nSPS) is 10.3. The molecule has 2 aromatic carbocycles. The molecule has 0 aromatic heterocycles. The Labute approximate surface area is 116 Å². The molecule has 0 spiro atoms. The van der Waals surface area contributed by atoms with Crippen molar-refractivity contribution in [3.05, 3.63) is 64.5 Å². The Hall–Kier alpha value is -2.36. The van der Waals surface area contributed by atoms with Gasteiger partial charge in [0, 0.05) is 5.56 Å². The number of aryl methyl sites for hydroxylation is 2. The lowest BCUT2D eigenvalue weighted by Crippen LogP contribution is -2.06. The van der Waals surface area contributed by atoms with Crippen LogP contribution in [-0.4, -0.2) is 11.1 Å². The van der Waals surface area contributed by atoms with Crippen molar-refractivity contribution >= 4 is 5.97 Å². The van der Waals surface area contributed by atoms with Crippen molar-refractivity contribution in [2.75, 3.05) is 0 Å². The number of carboxylic acids is 1. The second-order valence-electron chi connectivity index (χ2n) is 4.66. The molecule has 0 atom stereocenters. The van der Waals surface area contributed by atoms with E-state index in [9.17, 15) is 9.18 Å². The summed E-state index contributed by atoms with van der Waals surface area (Å²) in [6.07, 6.45) is 0. The van der Waals surface area contributed by atoms with Gasteiger partial charge in [-0.05, 0) is 43.2 Å². The van der Waals surface area contributed by atoms with Crippen LogP contribution in [0.15, 0.2) is 36.4 Å². The van der Waals surface area contributed by atoms with E-state index in [1.807, 2.05) is 32.0 Å². The maximum atomic E-state index is 13.1. The molecule has 2 rings (SSSR count). The Morgan fingerprint density at radius 3 is 2.65 bits per heavy atom. The van der Waals surface area contributed by atoms with E-state index in [0.29, 0.717) is 11.3 Å². The van der Waals surface area contributed by atoms with Crippen LogP contribution in [0.2, 0.25) is 0 Å². The average molecular weight is 274 g/mol. The van der Waals surface area contributed by atoms with Gasteiger partial charge in [-0.3, -0.25) is 0 Å². The predicted molar refractivity (Wildman–Crippen MR) is 73.6 cm³/mol. The molecule has 0 fully saturated rings. The van der Waals surface area contributed by atoms with Gasteiger partial charge in [0.2, 0.25) is 0 Å². The highest BCUT2D eigenvalue weighted by molar-refractivity contribution is 5.89. The Balaban J connectivity index is 2.23. The van der Waals surface area contributed by atoms with Crippen molar-refractivity contribution in [1.82, 2.24) is 0 Å². The monoisotopic (exact) mass is 274 g/mol. The van der Waals surface area contributed by atoms with Crippen molar-refractivity contribution in [1.29, 1.82) is 0 Å². The SMILES string of the molecule is Cc1ccc(C)c(OCc2ccc(F)cc2C(=O)O)c1. The fourth-order valence-corrected chi connectivity index (χ4v) is 1.89. The number of ether oxygens (including phenoxy) is 1. The number of hydrogen-bond donors (Lipinski definition) is 1. The number of halogens is 1. The van der Waals surface area contributed by atoms with Crippen LogP contribution in [0.1, 0.15) is 27.0 Å². The minimum Gasteiger partial charge on any atom is -0.489 e. The van der Waals surface area contributed by atoms with Gasteiger partial charge < -0.3 is 9.84 Å². The van der Waals surface area contributed by atoms with Gasteiger partial charge in [-0.25, -0.2) is 9.18 Å². The quantitative estimate of drug-likeness (QED) is 0.924. The summed E-state index contributed by atoms with van der Waals surface area (Å²) in [6.45, 7) is 3.95. The topological polar surface area (TPSA) is 46.5 Å². The third-order valence-corrected chi connectivity index (χ3v) is 3.03. The molecule has 0 radical (unpaired) electrons. The molecule has 3 nitrogen and oxygen atoms in total. The average Bonchev–Trinajstić information content (AvgIpc) is 2.40. The van der Waals surface area contributed by atoms with Crippen LogP contribution in [-0.2, 0) is 6.61 Å². The molecule has 0 saturated heterocycles. The third-order valence-electron chi connectivity index (χ3n) is 3.03. The first-order valence-electron chi connectivity index (χ1n) is 6.19. The molecule has 1 N–H and O–H groups in total.